The van der Waals surface area contributed by atoms with Crippen LogP contribution in [0.1, 0.15) is 38.2 Å². The van der Waals surface area contributed by atoms with Crippen LogP contribution in [0, 0.1) is 5.92 Å². The Morgan fingerprint density at radius 2 is 2.25 bits per heavy atom. The highest BCUT2D eigenvalue weighted by Crippen LogP contribution is 2.30. The highest BCUT2D eigenvalue weighted by molar-refractivity contribution is 5.86. The van der Waals surface area contributed by atoms with Gasteiger partial charge < -0.3 is 15.8 Å². The molecule has 2 unspecified atom stereocenters. The predicted molar refractivity (Wildman–Crippen MR) is 79.4 cm³/mol. The molecule has 1 aliphatic carbocycles. The molecule has 1 aliphatic rings. The van der Waals surface area contributed by atoms with Crippen molar-refractivity contribution in [3.05, 3.63) is 29.8 Å². The molecule has 1 aromatic carbocycles. The number of nitrogens with one attached hydrogen (secondary N) is 1. The van der Waals surface area contributed by atoms with Gasteiger partial charge in [0.1, 0.15) is 5.75 Å². The summed E-state index contributed by atoms with van der Waals surface area (Å²) in [6.07, 6.45) is 3.73. The molecule has 0 radical (unpaired) electrons. The van der Waals surface area contributed by atoms with E-state index >= 15 is 0 Å². The van der Waals surface area contributed by atoms with Gasteiger partial charge in [-0.05, 0) is 24.8 Å². The topological polar surface area (TPSA) is 64.3 Å². The molecule has 0 aliphatic heterocycles. The number of carbonyl (C=O) groups excluding carboxylic acids is 1. The summed E-state index contributed by atoms with van der Waals surface area (Å²) in [7, 11) is 1.63. The lowest BCUT2D eigenvalue weighted by Crippen LogP contribution is -2.56. The molecule has 1 amide bonds. The van der Waals surface area contributed by atoms with Gasteiger partial charge in [-0.2, -0.15) is 0 Å². The van der Waals surface area contributed by atoms with Gasteiger partial charge in [0.05, 0.1) is 12.6 Å². The highest BCUT2D eigenvalue weighted by atomic mass is 16.5. The minimum atomic E-state index is -0.709. The van der Waals surface area contributed by atoms with E-state index in [9.17, 15) is 4.79 Å². The van der Waals surface area contributed by atoms with Crippen molar-refractivity contribution in [2.45, 2.75) is 44.7 Å². The maximum Gasteiger partial charge on any atom is 0.240 e. The smallest absolute Gasteiger partial charge is 0.240 e. The first kappa shape index (κ1) is 14.9. The van der Waals surface area contributed by atoms with E-state index in [1.165, 1.54) is 6.42 Å². The Labute approximate surface area is 120 Å². The van der Waals surface area contributed by atoms with E-state index in [1.54, 1.807) is 7.11 Å². The van der Waals surface area contributed by atoms with Crippen molar-refractivity contribution in [3.8, 4) is 5.75 Å². The van der Waals surface area contributed by atoms with Crippen LogP contribution in [0.2, 0.25) is 0 Å². The number of para-hydroxylation sites is 1. The molecular formula is C16H24N2O2. The van der Waals surface area contributed by atoms with Crippen LogP contribution in [-0.2, 0) is 11.3 Å². The average molecular weight is 276 g/mol. The number of ether oxygens (including phenoxy) is 1. The third-order valence-corrected chi connectivity index (χ3v) is 4.12. The Morgan fingerprint density at radius 3 is 2.95 bits per heavy atom. The van der Waals surface area contributed by atoms with Gasteiger partial charge in [0.25, 0.3) is 0 Å². The number of carbonyl (C=O) groups is 1. The zero-order valence-electron chi connectivity index (χ0n) is 12.3. The molecule has 20 heavy (non-hydrogen) atoms. The summed E-state index contributed by atoms with van der Waals surface area (Å²) < 4.78 is 5.28. The van der Waals surface area contributed by atoms with Crippen molar-refractivity contribution in [2.75, 3.05) is 7.11 Å². The number of hydrogen-bond acceptors (Lipinski definition) is 3. The quantitative estimate of drug-likeness (QED) is 0.886. The fraction of sp³-hybridized carbons (Fsp3) is 0.562. The molecule has 0 spiro atoms. The molecule has 1 fully saturated rings. The van der Waals surface area contributed by atoms with Crippen molar-refractivity contribution in [1.29, 1.82) is 0 Å². The molecule has 4 heteroatoms. The lowest BCUT2D eigenvalue weighted by molar-refractivity contribution is -0.128. The van der Waals surface area contributed by atoms with Crippen LogP contribution < -0.4 is 15.8 Å². The summed E-state index contributed by atoms with van der Waals surface area (Å²) in [5.41, 5.74) is 6.54. The first-order valence-electron chi connectivity index (χ1n) is 7.24. The van der Waals surface area contributed by atoms with E-state index in [-0.39, 0.29) is 5.91 Å². The van der Waals surface area contributed by atoms with Gasteiger partial charge in [-0.15, -0.1) is 0 Å². The van der Waals surface area contributed by atoms with E-state index in [1.807, 2.05) is 24.3 Å². The second kappa shape index (κ2) is 6.27. The normalized spacial score (nSPS) is 26.1. The summed E-state index contributed by atoms with van der Waals surface area (Å²) >= 11 is 0. The molecule has 4 nitrogen and oxygen atoms in total. The molecule has 2 atom stereocenters. The fourth-order valence-electron chi connectivity index (χ4n) is 3.00. The zero-order chi connectivity index (χ0) is 14.6. The molecular weight excluding hydrogens is 252 g/mol. The van der Waals surface area contributed by atoms with Crippen molar-refractivity contribution in [1.82, 2.24) is 5.32 Å². The second-order valence-electron chi connectivity index (χ2n) is 5.85. The lowest BCUT2D eigenvalue weighted by Gasteiger charge is -2.35. The van der Waals surface area contributed by atoms with E-state index in [0.29, 0.717) is 12.5 Å². The Kier molecular flexibility index (Phi) is 4.65. The number of hydrogen-bond donors (Lipinski definition) is 2. The van der Waals surface area contributed by atoms with Crippen LogP contribution >= 0.6 is 0 Å². The highest BCUT2D eigenvalue weighted by Gasteiger charge is 2.37. The number of rotatable bonds is 4. The third kappa shape index (κ3) is 3.31. The second-order valence-corrected chi connectivity index (χ2v) is 5.85. The van der Waals surface area contributed by atoms with E-state index < -0.39 is 5.54 Å². The monoisotopic (exact) mass is 276 g/mol. The summed E-state index contributed by atoms with van der Waals surface area (Å²) in [5.74, 6) is 1.26. The Hall–Kier alpha value is -1.55. The lowest BCUT2D eigenvalue weighted by atomic mass is 9.76. The molecule has 3 N–H and O–H groups in total. The van der Waals surface area contributed by atoms with Gasteiger partial charge in [0.15, 0.2) is 0 Å². The van der Waals surface area contributed by atoms with E-state index in [0.717, 1.165) is 30.6 Å². The Balaban J connectivity index is 1.98. The van der Waals surface area contributed by atoms with Crippen LogP contribution in [0.5, 0.6) is 5.75 Å². The summed E-state index contributed by atoms with van der Waals surface area (Å²) in [6, 6.07) is 7.69. The first-order valence-corrected chi connectivity index (χ1v) is 7.24. The summed E-state index contributed by atoms with van der Waals surface area (Å²) in [6.45, 7) is 2.62. The predicted octanol–water partition coefficient (Wildman–Crippen LogP) is 2.22. The first-order chi connectivity index (χ1) is 9.55. The van der Waals surface area contributed by atoms with Crippen molar-refractivity contribution >= 4 is 5.91 Å². The molecule has 1 saturated carbocycles. The van der Waals surface area contributed by atoms with Gasteiger partial charge in [0, 0.05) is 12.1 Å². The zero-order valence-corrected chi connectivity index (χ0v) is 12.3. The van der Waals surface area contributed by atoms with Crippen LogP contribution in [0.25, 0.3) is 0 Å². The Morgan fingerprint density at radius 1 is 1.50 bits per heavy atom. The molecule has 0 aromatic heterocycles. The molecule has 0 heterocycles. The molecule has 0 bridgehead atoms. The van der Waals surface area contributed by atoms with Crippen LogP contribution in [0.4, 0.5) is 0 Å². The largest absolute Gasteiger partial charge is 0.496 e. The summed E-state index contributed by atoms with van der Waals surface area (Å²) in [5, 5.41) is 2.96. The molecule has 1 aromatic rings. The van der Waals surface area contributed by atoms with Crippen LogP contribution in [-0.4, -0.2) is 18.6 Å². The van der Waals surface area contributed by atoms with Crippen LogP contribution in [0.15, 0.2) is 24.3 Å². The minimum Gasteiger partial charge on any atom is -0.496 e. The van der Waals surface area contributed by atoms with Crippen molar-refractivity contribution in [2.24, 2.45) is 11.7 Å². The number of methoxy groups -OCH3 is 1. The number of amides is 1. The molecule has 110 valence electrons. The number of benzene rings is 1. The SMILES string of the molecule is COc1ccccc1CNC(=O)C1(N)CCCC(C)C1. The van der Waals surface area contributed by atoms with Crippen molar-refractivity contribution < 1.29 is 9.53 Å². The van der Waals surface area contributed by atoms with E-state index in [2.05, 4.69) is 12.2 Å². The minimum absolute atomic E-state index is 0.0463. The molecule has 0 saturated heterocycles. The maximum absolute atomic E-state index is 12.4. The standard InChI is InChI=1S/C16H24N2O2/c1-12-6-5-9-16(17,10-12)15(19)18-11-13-7-3-4-8-14(13)20-2/h3-4,7-8,12H,5-6,9-11,17H2,1-2H3,(H,18,19). The van der Waals surface area contributed by atoms with Gasteiger partial charge in [0.2, 0.25) is 5.91 Å². The maximum atomic E-state index is 12.4. The fourth-order valence-corrected chi connectivity index (χ4v) is 3.00. The van der Waals surface area contributed by atoms with Crippen molar-refractivity contribution in [3.63, 3.8) is 0 Å². The van der Waals surface area contributed by atoms with Gasteiger partial charge in [-0.1, -0.05) is 38.0 Å². The number of nitrogens with two attached hydrogens (primary N) is 1. The van der Waals surface area contributed by atoms with Gasteiger partial charge >= 0.3 is 0 Å². The van der Waals surface area contributed by atoms with Gasteiger partial charge in [-0.25, -0.2) is 0 Å². The Bertz CT molecular complexity index is 475. The van der Waals surface area contributed by atoms with Crippen LogP contribution in [0.3, 0.4) is 0 Å². The molecule has 2 rings (SSSR count). The van der Waals surface area contributed by atoms with Gasteiger partial charge in [-0.3, -0.25) is 4.79 Å². The third-order valence-electron chi connectivity index (χ3n) is 4.12. The van der Waals surface area contributed by atoms with E-state index in [4.69, 9.17) is 10.5 Å². The summed E-state index contributed by atoms with van der Waals surface area (Å²) in [4.78, 5) is 12.4. The average Bonchev–Trinajstić information content (AvgIpc) is 2.44.